The first-order chi connectivity index (χ1) is 16.0. The van der Waals surface area contributed by atoms with Crippen LogP contribution in [0.15, 0.2) is 91.0 Å². The summed E-state index contributed by atoms with van der Waals surface area (Å²) >= 11 is 0. The van der Waals surface area contributed by atoms with E-state index in [1.165, 1.54) is 0 Å². The van der Waals surface area contributed by atoms with Crippen LogP contribution in [0.5, 0.6) is 0 Å². The molecule has 0 aromatic heterocycles. The third kappa shape index (κ3) is 5.12. The molecule has 2 amide bonds. The van der Waals surface area contributed by atoms with Crippen molar-refractivity contribution < 1.29 is 24.2 Å². The largest absolute Gasteiger partial charge is 0.481 e. The second kappa shape index (κ2) is 10.1. The Labute approximate surface area is 192 Å². The van der Waals surface area contributed by atoms with Crippen molar-refractivity contribution >= 4 is 18.0 Å². The lowest BCUT2D eigenvalue weighted by Gasteiger charge is -2.30. The molecule has 6 nitrogen and oxygen atoms in total. The summed E-state index contributed by atoms with van der Waals surface area (Å²) in [5.74, 6) is -2.79. The van der Waals surface area contributed by atoms with Crippen LogP contribution in [0.2, 0.25) is 0 Å². The second-order valence-corrected chi connectivity index (χ2v) is 8.14. The predicted molar refractivity (Wildman–Crippen MR) is 123 cm³/mol. The zero-order chi connectivity index (χ0) is 23.2. The van der Waals surface area contributed by atoms with Gasteiger partial charge in [-0.05, 0) is 23.1 Å². The number of hydrogen-bond donors (Lipinski definition) is 1. The number of carbonyl (C=O) groups is 3. The van der Waals surface area contributed by atoms with Gasteiger partial charge in [0.25, 0.3) is 0 Å². The minimum absolute atomic E-state index is 0.0458. The highest BCUT2D eigenvalue weighted by atomic mass is 16.6. The molecule has 0 unspecified atom stereocenters. The number of nitrogens with zero attached hydrogens (tertiary/aromatic N) is 1. The number of imide groups is 1. The lowest BCUT2D eigenvalue weighted by molar-refractivity contribution is -0.143. The molecule has 3 aromatic carbocycles. The molecule has 0 bridgehead atoms. The number of ether oxygens (including phenoxy) is 1. The Morgan fingerprint density at radius 3 is 1.91 bits per heavy atom. The number of aliphatic carboxylic acids is 1. The minimum atomic E-state index is -1.09. The van der Waals surface area contributed by atoms with E-state index in [1.54, 1.807) is 0 Å². The lowest BCUT2D eigenvalue weighted by atomic mass is 9.84. The smallest absolute Gasteiger partial charge is 0.417 e. The standard InChI is InChI=1S/C27H25NO5/c29-24(30)17-22(16-19-10-4-1-5-11-19)26(31)28-23(18-33-27(28)32)25(20-12-6-2-7-13-20)21-14-8-3-9-15-21/h1-15,22-23,25H,16-18H2,(H,29,30)/t22-,23+/m1/s1. The maximum Gasteiger partial charge on any atom is 0.417 e. The van der Waals surface area contributed by atoms with E-state index in [0.717, 1.165) is 21.6 Å². The summed E-state index contributed by atoms with van der Waals surface area (Å²) in [7, 11) is 0. The Morgan fingerprint density at radius 1 is 0.879 bits per heavy atom. The number of amides is 2. The van der Waals surface area contributed by atoms with Crippen molar-refractivity contribution in [2.24, 2.45) is 5.92 Å². The SMILES string of the molecule is O=C(O)C[C@@H](Cc1ccccc1)C(=O)N1C(=O)OC[C@H]1C(c1ccccc1)c1ccccc1. The van der Waals surface area contributed by atoms with E-state index in [1.807, 2.05) is 91.0 Å². The van der Waals surface area contributed by atoms with Crippen molar-refractivity contribution in [2.45, 2.75) is 24.8 Å². The normalized spacial score (nSPS) is 16.5. The molecule has 0 radical (unpaired) electrons. The summed E-state index contributed by atoms with van der Waals surface area (Å²) in [5, 5.41) is 9.46. The van der Waals surface area contributed by atoms with Crippen LogP contribution in [0.3, 0.4) is 0 Å². The van der Waals surface area contributed by atoms with Crippen molar-refractivity contribution in [2.75, 3.05) is 6.61 Å². The van der Waals surface area contributed by atoms with E-state index in [9.17, 15) is 19.5 Å². The average Bonchev–Trinajstić information content (AvgIpc) is 3.21. The minimum Gasteiger partial charge on any atom is -0.481 e. The monoisotopic (exact) mass is 443 g/mol. The van der Waals surface area contributed by atoms with E-state index in [-0.39, 0.29) is 25.4 Å². The topological polar surface area (TPSA) is 83.9 Å². The molecule has 0 aliphatic carbocycles. The van der Waals surface area contributed by atoms with Crippen LogP contribution in [0.4, 0.5) is 4.79 Å². The summed E-state index contributed by atoms with van der Waals surface area (Å²) in [6, 6.07) is 28.0. The van der Waals surface area contributed by atoms with Crippen LogP contribution in [0.1, 0.15) is 29.0 Å². The molecule has 2 atom stereocenters. The van der Waals surface area contributed by atoms with Gasteiger partial charge >= 0.3 is 12.1 Å². The fraction of sp³-hybridized carbons (Fsp3) is 0.222. The quantitative estimate of drug-likeness (QED) is 0.554. The van der Waals surface area contributed by atoms with Crippen LogP contribution < -0.4 is 0 Å². The molecule has 1 aliphatic rings. The van der Waals surface area contributed by atoms with E-state index < -0.39 is 29.9 Å². The van der Waals surface area contributed by atoms with Gasteiger partial charge in [0.2, 0.25) is 5.91 Å². The highest BCUT2D eigenvalue weighted by Gasteiger charge is 2.45. The number of carboxylic acid groups (broad SMARTS) is 1. The summed E-state index contributed by atoms with van der Waals surface area (Å²) in [5.41, 5.74) is 2.73. The zero-order valence-corrected chi connectivity index (χ0v) is 18.0. The molecular weight excluding hydrogens is 418 g/mol. The van der Waals surface area contributed by atoms with E-state index in [0.29, 0.717) is 0 Å². The van der Waals surface area contributed by atoms with Gasteiger partial charge in [-0.3, -0.25) is 9.59 Å². The Morgan fingerprint density at radius 2 is 1.39 bits per heavy atom. The molecule has 1 heterocycles. The Hall–Kier alpha value is -3.93. The van der Waals surface area contributed by atoms with Crippen molar-refractivity contribution in [3.8, 4) is 0 Å². The van der Waals surface area contributed by atoms with Crippen molar-refractivity contribution in [1.29, 1.82) is 0 Å². The highest BCUT2D eigenvalue weighted by molar-refractivity contribution is 5.96. The van der Waals surface area contributed by atoms with Gasteiger partial charge in [0.1, 0.15) is 6.61 Å². The van der Waals surface area contributed by atoms with Crippen LogP contribution >= 0.6 is 0 Å². The average molecular weight is 443 g/mol. The number of cyclic esters (lactones) is 1. The van der Waals surface area contributed by atoms with Gasteiger partial charge in [-0.25, -0.2) is 9.69 Å². The highest BCUT2D eigenvalue weighted by Crippen LogP contribution is 2.35. The Bertz CT molecular complexity index is 1060. The summed E-state index contributed by atoms with van der Waals surface area (Å²) < 4.78 is 5.35. The van der Waals surface area contributed by atoms with Crippen LogP contribution in [-0.2, 0) is 20.7 Å². The van der Waals surface area contributed by atoms with Gasteiger partial charge in [0.05, 0.1) is 18.4 Å². The summed E-state index contributed by atoms with van der Waals surface area (Å²) in [6.45, 7) is 0.0458. The number of benzene rings is 3. The lowest BCUT2D eigenvalue weighted by Crippen LogP contribution is -2.46. The van der Waals surface area contributed by atoms with Gasteiger partial charge in [-0.15, -0.1) is 0 Å². The molecule has 1 aliphatic heterocycles. The molecule has 1 saturated heterocycles. The Balaban J connectivity index is 1.70. The third-order valence-electron chi connectivity index (χ3n) is 5.94. The summed E-state index contributed by atoms with van der Waals surface area (Å²) in [6.07, 6.45) is -0.875. The number of carboxylic acids is 1. The maximum absolute atomic E-state index is 13.6. The number of carbonyl (C=O) groups excluding carboxylic acids is 2. The molecule has 168 valence electrons. The zero-order valence-electron chi connectivity index (χ0n) is 18.0. The van der Waals surface area contributed by atoms with E-state index in [4.69, 9.17) is 4.74 Å². The first-order valence-corrected chi connectivity index (χ1v) is 10.9. The van der Waals surface area contributed by atoms with Gasteiger partial charge < -0.3 is 9.84 Å². The van der Waals surface area contributed by atoms with Crippen molar-refractivity contribution in [3.63, 3.8) is 0 Å². The number of hydrogen-bond acceptors (Lipinski definition) is 4. The molecule has 1 N–H and O–H groups in total. The van der Waals surface area contributed by atoms with Crippen molar-refractivity contribution in [1.82, 2.24) is 4.90 Å². The van der Waals surface area contributed by atoms with E-state index >= 15 is 0 Å². The molecule has 6 heteroatoms. The van der Waals surface area contributed by atoms with Gasteiger partial charge in [0, 0.05) is 5.92 Å². The second-order valence-electron chi connectivity index (χ2n) is 8.14. The van der Waals surface area contributed by atoms with Crippen LogP contribution in [0, 0.1) is 5.92 Å². The van der Waals surface area contributed by atoms with Gasteiger partial charge in [-0.2, -0.15) is 0 Å². The molecular formula is C27H25NO5. The van der Waals surface area contributed by atoms with E-state index in [2.05, 4.69) is 0 Å². The molecule has 0 saturated carbocycles. The predicted octanol–water partition coefficient (Wildman–Crippen LogP) is 4.50. The number of rotatable bonds is 8. The molecule has 4 rings (SSSR count). The molecule has 3 aromatic rings. The molecule has 1 fully saturated rings. The molecule has 33 heavy (non-hydrogen) atoms. The maximum atomic E-state index is 13.6. The Kier molecular flexibility index (Phi) is 6.83. The first kappa shape index (κ1) is 22.3. The summed E-state index contributed by atoms with van der Waals surface area (Å²) in [4.78, 5) is 39.1. The van der Waals surface area contributed by atoms with Crippen LogP contribution in [-0.4, -0.2) is 40.6 Å². The van der Waals surface area contributed by atoms with Gasteiger partial charge in [0.15, 0.2) is 0 Å². The fourth-order valence-electron chi connectivity index (χ4n) is 4.45. The van der Waals surface area contributed by atoms with Gasteiger partial charge in [-0.1, -0.05) is 91.0 Å². The fourth-order valence-corrected chi connectivity index (χ4v) is 4.45. The third-order valence-corrected chi connectivity index (χ3v) is 5.94. The van der Waals surface area contributed by atoms with Crippen molar-refractivity contribution in [3.05, 3.63) is 108 Å². The first-order valence-electron chi connectivity index (χ1n) is 10.9. The molecule has 0 spiro atoms. The van der Waals surface area contributed by atoms with Crippen LogP contribution in [0.25, 0.3) is 0 Å².